The number of carbonyl (C=O) groups excluding carboxylic acids is 1. The van der Waals surface area contributed by atoms with Crippen molar-refractivity contribution in [2.75, 3.05) is 19.5 Å². The molecule has 0 spiro atoms. The topological polar surface area (TPSA) is 35.5 Å². The Labute approximate surface area is 105 Å². The molecule has 17 heavy (non-hydrogen) atoms. The summed E-state index contributed by atoms with van der Waals surface area (Å²) < 4.78 is 10.2. The van der Waals surface area contributed by atoms with E-state index in [1.807, 2.05) is 19.1 Å². The van der Waals surface area contributed by atoms with Crippen molar-refractivity contribution in [2.45, 2.75) is 24.2 Å². The number of benzene rings is 1. The average Bonchev–Trinajstić information content (AvgIpc) is 2.72. The molecular formula is C13H16O3S. The van der Waals surface area contributed by atoms with Crippen molar-refractivity contribution in [1.29, 1.82) is 0 Å². The van der Waals surface area contributed by atoms with E-state index in [1.54, 1.807) is 18.9 Å². The molecule has 0 aliphatic carbocycles. The van der Waals surface area contributed by atoms with Crippen LogP contribution in [0.5, 0.6) is 5.75 Å². The highest BCUT2D eigenvalue weighted by Gasteiger charge is 2.26. The van der Waals surface area contributed by atoms with Crippen molar-refractivity contribution in [1.82, 2.24) is 0 Å². The van der Waals surface area contributed by atoms with E-state index in [9.17, 15) is 4.79 Å². The molecule has 4 heteroatoms. The van der Waals surface area contributed by atoms with Gasteiger partial charge in [0.2, 0.25) is 0 Å². The normalized spacial score (nSPS) is 17.6. The lowest BCUT2D eigenvalue weighted by molar-refractivity contribution is -0.143. The Morgan fingerprint density at radius 3 is 3.06 bits per heavy atom. The van der Waals surface area contributed by atoms with Crippen molar-refractivity contribution >= 4 is 17.7 Å². The molecule has 1 aliphatic heterocycles. The van der Waals surface area contributed by atoms with Crippen LogP contribution in [-0.4, -0.2) is 25.4 Å². The molecule has 0 saturated heterocycles. The summed E-state index contributed by atoms with van der Waals surface area (Å²) in [6.45, 7) is 2.29. The highest BCUT2D eigenvalue weighted by molar-refractivity contribution is 7.99. The lowest BCUT2D eigenvalue weighted by Gasteiger charge is -2.10. The highest BCUT2D eigenvalue weighted by Crippen LogP contribution is 2.42. The van der Waals surface area contributed by atoms with Gasteiger partial charge in [-0.15, -0.1) is 11.8 Å². The number of hydrogen-bond donors (Lipinski definition) is 0. The molecule has 1 heterocycles. The first-order valence-electron chi connectivity index (χ1n) is 5.71. The number of carbonyl (C=O) groups is 1. The molecule has 0 aromatic heterocycles. The summed E-state index contributed by atoms with van der Waals surface area (Å²) in [4.78, 5) is 12.7. The molecular weight excluding hydrogens is 236 g/mol. The second kappa shape index (κ2) is 5.45. The third-order valence-corrected chi connectivity index (χ3v) is 4.05. The summed E-state index contributed by atoms with van der Waals surface area (Å²) in [5, 5.41) is 0. The van der Waals surface area contributed by atoms with Gasteiger partial charge in [0.05, 0.1) is 20.1 Å². The predicted octanol–water partition coefficient (Wildman–Crippen LogP) is 2.84. The first kappa shape index (κ1) is 12.3. The Hall–Kier alpha value is -1.16. The first-order chi connectivity index (χ1) is 8.24. The predicted molar refractivity (Wildman–Crippen MR) is 67.7 cm³/mol. The molecule has 0 radical (unpaired) electrons. The van der Waals surface area contributed by atoms with E-state index in [1.165, 1.54) is 10.5 Å². The molecule has 1 aromatic rings. The average molecular weight is 252 g/mol. The Balaban J connectivity index is 2.09. The van der Waals surface area contributed by atoms with Crippen molar-refractivity contribution in [3.8, 4) is 5.75 Å². The highest BCUT2D eigenvalue weighted by atomic mass is 32.2. The largest absolute Gasteiger partial charge is 0.497 e. The Bertz CT molecular complexity index is 417. The van der Waals surface area contributed by atoms with Gasteiger partial charge in [0, 0.05) is 16.6 Å². The van der Waals surface area contributed by atoms with Gasteiger partial charge in [-0.1, -0.05) is 6.07 Å². The van der Waals surface area contributed by atoms with Crippen LogP contribution >= 0.6 is 11.8 Å². The van der Waals surface area contributed by atoms with Crippen LogP contribution in [-0.2, 0) is 9.53 Å². The SMILES string of the molecule is CCOC(=O)C[C@@H]1CSc2cc(OC)ccc21. The third kappa shape index (κ3) is 2.75. The molecule has 2 rings (SSSR count). The Morgan fingerprint density at radius 2 is 2.35 bits per heavy atom. The zero-order chi connectivity index (χ0) is 12.3. The standard InChI is InChI=1S/C13H16O3S/c1-3-16-13(14)6-9-8-17-12-7-10(15-2)4-5-11(9)12/h4-5,7,9H,3,6,8H2,1-2H3/t9-/m1/s1. The molecule has 0 unspecified atom stereocenters. The maximum absolute atomic E-state index is 11.5. The van der Waals surface area contributed by atoms with Crippen molar-refractivity contribution in [3.63, 3.8) is 0 Å². The van der Waals surface area contributed by atoms with Crippen LogP contribution < -0.4 is 4.74 Å². The van der Waals surface area contributed by atoms with Crippen LogP contribution in [0, 0.1) is 0 Å². The van der Waals surface area contributed by atoms with Crippen LogP contribution in [0.2, 0.25) is 0 Å². The minimum Gasteiger partial charge on any atom is -0.497 e. The van der Waals surface area contributed by atoms with Gasteiger partial charge >= 0.3 is 5.97 Å². The molecule has 1 atom stereocenters. The van der Waals surface area contributed by atoms with E-state index in [4.69, 9.17) is 9.47 Å². The van der Waals surface area contributed by atoms with Crippen LogP contribution in [0.15, 0.2) is 23.1 Å². The van der Waals surface area contributed by atoms with E-state index < -0.39 is 0 Å². The van der Waals surface area contributed by atoms with Crippen molar-refractivity contribution < 1.29 is 14.3 Å². The van der Waals surface area contributed by atoms with Crippen molar-refractivity contribution in [2.24, 2.45) is 0 Å². The minimum atomic E-state index is -0.109. The lowest BCUT2D eigenvalue weighted by Crippen LogP contribution is -2.10. The van der Waals surface area contributed by atoms with E-state index in [0.717, 1.165) is 11.5 Å². The van der Waals surface area contributed by atoms with Crippen LogP contribution in [0.4, 0.5) is 0 Å². The molecule has 3 nitrogen and oxygen atoms in total. The summed E-state index contributed by atoms with van der Waals surface area (Å²) in [6, 6.07) is 6.03. The van der Waals surface area contributed by atoms with Gasteiger partial charge < -0.3 is 9.47 Å². The zero-order valence-electron chi connectivity index (χ0n) is 10.1. The quantitative estimate of drug-likeness (QED) is 0.772. The summed E-state index contributed by atoms with van der Waals surface area (Å²) >= 11 is 1.78. The van der Waals surface area contributed by atoms with Crippen LogP contribution in [0.1, 0.15) is 24.8 Å². The van der Waals surface area contributed by atoms with E-state index >= 15 is 0 Å². The fourth-order valence-electron chi connectivity index (χ4n) is 1.97. The van der Waals surface area contributed by atoms with Gasteiger partial charge in [0.1, 0.15) is 5.75 Å². The molecule has 0 saturated carbocycles. The maximum atomic E-state index is 11.5. The number of ether oxygens (including phenoxy) is 2. The molecule has 1 aliphatic rings. The number of rotatable bonds is 4. The van der Waals surface area contributed by atoms with Crippen molar-refractivity contribution in [3.05, 3.63) is 23.8 Å². The van der Waals surface area contributed by atoms with E-state index in [0.29, 0.717) is 13.0 Å². The minimum absolute atomic E-state index is 0.109. The number of hydrogen-bond acceptors (Lipinski definition) is 4. The van der Waals surface area contributed by atoms with Crippen LogP contribution in [0.25, 0.3) is 0 Å². The summed E-state index contributed by atoms with van der Waals surface area (Å²) in [7, 11) is 1.66. The van der Waals surface area contributed by atoms with Gasteiger partial charge in [0.25, 0.3) is 0 Å². The van der Waals surface area contributed by atoms with Gasteiger partial charge in [-0.3, -0.25) is 4.79 Å². The van der Waals surface area contributed by atoms with E-state index in [-0.39, 0.29) is 11.9 Å². The second-order valence-corrected chi connectivity index (χ2v) is 4.98. The molecule has 0 fully saturated rings. The monoisotopic (exact) mass is 252 g/mol. The molecule has 0 bridgehead atoms. The molecule has 0 N–H and O–H groups in total. The van der Waals surface area contributed by atoms with Gasteiger partial charge in [-0.05, 0) is 24.6 Å². The lowest BCUT2D eigenvalue weighted by atomic mass is 9.98. The number of thioether (sulfide) groups is 1. The molecule has 1 aromatic carbocycles. The number of fused-ring (bicyclic) bond motifs is 1. The van der Waals surface area contributed by atoms with Crippen LogP contribution in [0.3, 0.4) is 0 Å². The summed E-state index contributed by atoms with van der Waals surface area (Å²) in [5.41, 5.74) is 1.24. The smallest absolute Gasteiger partial charge is 0.306 e. The number of methoxy groups -OCH3 is 1. The summed E-state index contributed by atoms with van der Waals surface area (Å²) in [6.07, 6.45) is 0.472. The fourth-order valence-corrected chi connectivity index (χ4v) is 3.25. The van der Waals surface area contributed by atoms with Gasteiger partial charge in [0.15, 0.2) is 0 Å². The van der Waals surface area contributed by atoms with Gasteiger partial charge in [-0.2, -0.15) is 0 Å². The maximum Gasteiger partial charge on any atom is 0.306 e. The number of esters is 1. The molecule has 92 valence electrons. The fraction of sp³-hybridized carbons (Fsp3) is 0.462. The second-order valence-electron chi connectivity index (χ2n) is 3.92. The third-order valence-electron chi connectivity index (χ3n) is 2.82. The summed E-state index contributed by atoms with van der Waals surface area (Å²) in [5.74, 6) is 1.98. The van der Waals surface area contributed by atoms with E-state index in [2.05, 4.69) is 6.07 Å². The van der Waals surface area contributed by atoms with Gasteiger partial charge in [-0.25, -0.2) is 0 Å². The Morgan fingerprint density at radius 1 is 1.53 bits per heavy atom. The first-order valence-corrected chi connectivity index (χ1v) is 6.69. The molecule has 0 amide bonds. The zero-order valence-corrected chi connectivity index (χ0v) is 10.9. The Kier molecular flexibility index (Phi) is 3.94.